The second-order valence-electron chi connectivity index (χ2n) is 25.6. The van der Waals surface area contributed by atoms with Crippen molar-refractivity contribution in [2.75, 3.05) is 49.5 Å². The third-order valence-electron chi connectivity index (χ3n) is 18.4. The normalized spacial score (nSPS) is 19.9. The maximum atomic E-state index is 14.1. The number of carbonyl (C=O) groups is 3. The van der Waals surface area contributed by atoms with Gasteiger partial charge in [0.25, 0.3) is 0 Å². The SMILES string of the molecule is CC1(C)COc2c(S(N)(=O)=NC(=O)Nc3c4c(cc5c3CC(F)C5)CCC4)cnn2C1.CCC1CCOc2c(S(N)(=O)=NC(=O)Nc3c4c(cc5c3CCC5)CCC4)cnn2C1.COc1cc(-c2ccc3c(c2NC(=O)N=S(N)(=O)c2cnn4c2OCCC4)CCO3)ccn1. The van der Waals surface area contributed by atoms with Crippen molar-refractivity contribution < 1.29 is 55.1 Å². The van der Waals surface area contributed by atoms with Crippen LogP contribution in [0.3, 0.4) is 0 Å². The van der Waals surface area contributed by atoms with Crippen LogP contribution in [0, 0.1) is 11.3 Å². The van der Waals surface area contributed by atoms with Crippen LogP contribution < -0.4 is 55.1 Å². The first-order valence-corrected chi connectivity index (χ1v) is 36.7. The van der Waals surface area contributed by atoms with Crippen molar-refractivity contribution in [1.29, 1.82) is 0 Å². The van der Waals surface area contributed by atoms with E-state index in [0.29, 0.717) is 93.7 Å². The number of ether oxygens (including phenoxy) is 5. The molecule has 8 aliphatic rings. The Bertz CT molecular complexity index is 4620. The van der Waals surface area contributed by atoms with E-state index in [1.165, 1.54) is 48.0 Å². The minimum absolute atomic E-state index is 0.0954. The van der Waals surface area contributed by atoms with E-state index in [1.54, 1.807) is 32.4 Å². The van der Waals surface area contributed by atoms with Crippen LogP contribution in [-0.4, -0.2) is 105 Å². The molecule has 8 heterocycles. The molecule has 0 fully saturated rings. The fourth-order valence-corrected chi connectivity index (χ4v) is 16.8. The molecule has 0 radical (unpaired) electrons. The molecule has 4 aromatic heterocycles. The van der Waals surface area contributed by atoms with Gasteiger partial charge < -0.3 is 39.6 Å². The van der Waals surface area contributed by atoms with E-state index in [0.717, 1.165) is 122 Å². The molecule has 0 saturated heterocycles. The summed E-state index contributed by atoms with van der Waals surface area (Å²) in [6.07, 6.45) is 17.5. The second kappa shape index (κ2) is 26.3. The van der Waals surface area contributed by atoms with E-state index >= 15 is 0 Å². The number of carbonyl (C=O) groups excluding carboxylic acids is 3. The fraction of sp³-hybridized carbons (Fsp3) is 0.453. The number of halogens is 1. The van der Waals surface area contributed by atoms with Crippen molar-refractivity contribution in [3.63, 3.8) is 0 Å². The van der Waals surface area contributed by atoms with Gasteiger partial charge in [-0.15, -0.1) is 13.1 Å². The Morgan fingerprint density at radius 1 is 0.632 bits per heavy atom. The smallest absolute Gasteiger partial charge is 0.354 e. The van der Waals surface area contributed by atoms with Gasteiger partial charge in [-0.25, -0.2) is 65.8 Å². The quantitative estimate of drug-likeness (QED) is 0.0783. The zero-order chi connectivity index (χ0) is 66.6. The lowest BCUT2D eigenvalue weighted by atomic mass is 9.94. The van der Waals surface area contributed by atoms with Crippen LogP contribution in [-0.2, 0) is 107 Å². The van der Waals surface area contributed by atoms with Crippen molar-refractivity contribution in [3.8, 4) is 40.4 Å². The lowest BCUT2D eigenvalue weighted by Crippen LogP contribution is -2.33. The van der Waals surface area contributed by atoms with Crippen molar-refractivity contribution >= 4 is 64.9 Å². The van der Waals surface area contributed by atoms with Gasteiger partial charge in [0.1, 0.15) is 26.6 Å². The maximum absolute atomic E-state index is 14.1. The Hall–Kier alpha value is -8.49. The Kier molecular flexibility index (Phi) is 18.0. The number of methoxy groups -OCH3 is 1. The summed E-state index contributed by atoms with van der Waals surface area (Å²) < 4.78 is 98.0. The molecule has 6 amide bonds. The molecule has 0 bridgehead atoms. The fourth-order valence-electron chi connectivity index (χ4n) is 13.8. The Balaban J connectivity index is 0.000000129. The summed E-state index contributed by atoms with van der Waals surface area (Å²) in [6.45, 7) is 9.94. The molecule has 15 rings (SSSR count). The van der Waals surface area contributed by atoms with E-state index in [2.05, 4.69) is 68.4 Å². The summed E-state index contributed by atoms with van der Waals surface area (Å²) >= 11 is 0. The molecule has 3 aromatic carbocycles. The van der Waals surface area contributed by atoms with Crippen molar-refractivity contribution in [1.82, 2.24) is 34.3 Å². The van der Waals surface area contributed by atoms with Gasteiger partial charge in [-0.2, -0.15) is 15.3 Å². The summed E-state index contributed by atoms with van der Waals surface area (Å²) in [6, 6.07) is 9.26. The van der Waals surface area contributed by atoms with Gasteiger partial charge in [0, 0.05) is 79.0 Å². The molecule has 7 aromatic rings. The van der Waals surface area contributed by atoms with Crippen LogP contribution in [0.1, 0.15) is 109 Å². The molecule has 504 valence electrons. The highest BCUT2D eigenvalue weighted by molar-refractivity contribution is 7.92. The predicted molar refractivity (Wildman–Crippen MR) is 353 cm³/mol. The van der Waals surface area contributed by atoms with Crippen LogP contribution in [0.15, 0.2) is 89.0 Å². The number of rotatable bonds is 9. The number of nitrogens with two attached hydrogens (primary N) is 3. The van der Waals surface area contributed by atoms with E-state index in [9.17, 15) is 31.4 Å². The molecule has 5 atom stereocenters. The van der Waals surface area contributed by atoms with Gasteiger partial charge in [0.15, 0.2) is 29.7 Å². The van der Waals surface area contributed by atoms with Gasteiger partial charge in [-0.1, -0.05) is 39.3 Å². The number of hydrogen-bond donors (Lipinski definition) is 6. The minimum Gasteiger partial charge on any atom is -0.493 e. The molecular formula is C64H77FN16O11S3. The molecule has 95 heavy (non-hydrogen) atoms. The lowest BCUT2D eigenvalue weighted by molar-refractivity contribution is 0.0972. The standard InChI is InChI=1S/C22H29N5O3S.C21H26FN5O3S.C21H22N6O5S/c1-2-14-9-10-30-21-19(12-24-27(21)13-14)31(23,29)26-22(28)25-20-17-7-3-5-15(17)11-16-6-4-8-18(16)20;1-21(2)10-27-19(30-11-21)17(9-24-27)31(23,29)26-20(28)25-18-15-5-3-4-12(15)6-13-7-14(22)8-16(13)18;1-30-18-11-13(5-7-23-18)14-3-4-16-15(6-10-31-16)19(14)25-21(28)26-33(22,29)17-12-24-27-8-2-9-32-20(17)27/h11-12,14H,2-10,13H2,1H3,(H3,23,25,26,28,29);6,9,14H,3-5,7-8,10-11H2,1-2H3,(H3,23,25,26,28,29);3-5,7,11-12H,2,6,8-10H2,1H3,(H3,22,25,26,28,29). The summed E-state index contributed by atoms with van der Waals surface area (Å²) in [7, 11) is -9.12. The molecule has 9 N–H and O–H groups in total. The number of aromatic nitrogens is 7. The largest absolute Gasteiger partial charge is 0.493 e. The number of urea groups is 3. The number of hydrogen-bond acceptors (Lipinski definition) is 15. The van der Waals surface area contributed by atoms with Gasteiger partial charge >= 0.3 is 18.1 Å². The van der Waals surface area contributed by atoms with Gasteiger partial charge in [-0.05, 0) is 138 Å². The average Bonchev–Trinajstić information content (AvgIpc) is 1.85. The van der Waals surface area contributed by atoms with Crippen LogP contribution in [0.5, 0.6) is 29.3 Å². The Morgan fingerprint density at radius 3 is 1.79 bits per heavy atom. The zero-order valence-corrected chi connectivity index (χ0v) is 55.7. The van der Waals surface area contributed by atoms with Crippen LogP contribution >= 0.6 is 0 Å². The Morgan fingerprint density at radius 2 is 1.18 bits per heavy atom. The third kappa shape index (κ3) is 13.5. The van der Waals surface area contributed by atoms with Crippen LogP contribution in [0.4, 0.5) is 35.8 Å². The van der Waals surface area contributed by atoms with E-state index in [-0.39, 0.29) is 38.3 Å². The first kappa shape index (κ1) is 65.2. The monoisotopic (exact) mass is 1360 g/mol. The molecular weight excluding hydrogens is 1280 g/mol. The number of nitrogens with zero attached hydrogens (tertiary/aromatic N) is 10. The average molecular weight is 1360 g/mol. The zero-order valence-electron chi connectivity index (χ0n) is 53.3. The first-order valence-electron chi connectivity index (χ1n) is 31.9. The lowest BCUT2D eigenvalue weighted by Gasteiger charge is -2.30. The van der Waals surface area contributed by atoms with E-state index < -0.39 is 54.0 Å². The number of fused-ring (bicyclic) bond motifs is 8. The van der Waals surface area contributed by atoms with Gasteiger partial charge in [-0.3, -0.25) is 0 Å². The molecule has 31 heteroatoms. The molecule has 0 saturated carbocycles. The number of benzene rings is 3. The molecule has 0 spiro atoms. The van der Waals surface area contributed by atoms with E-state index in [4.69, 9.17) is 39.1 Å². The second-order valence-corrected chi connectivity index (χ2v) is 30.9. The highest BCUT2D eigenvalue weighted by Crippen LogP contribution is 2.44. The number of pyridine rings is 1. The Labute approximate surface area is 550 Å². The van der Waals surface area contributed by atoms with Crippen molar-refractivity contribution in [2.45, 2.75) is 158 Å². The molecule has 4 aliphatic carbocycles. The molecule has 27 nitrogen and oxygen atoms in total. The highest BCUT2D eigenvalue weighted by Gasteiger charge is 2.35. The van der Waals surface area contributed by atoms with Gasteiger partial charge in [0.05, 0.1) is 64.4 Å². The number of anilines is 3. The van der Waals surface area contributed by atoms with Crippen LogP contribution in [0.25, 0.3) is 11.1 Å². The first-order chi connectivity index (χ1) is 45.5. The molecule has 5 unspecified atom stereocenters. The topological polar surface area (TPSA) is 366 Å². The summed E-state index contributed by atoms with van der Waals surface area (Å²) in [5.41, 5.74) is 13.1. The third-order valence-corrected chi connectivity index (χ3v) is 22.4. The predicted octanol–water partition coefficient (Wildman–Crippen LogP) is 9.37. The maximum Gasteiger partial charge on any atom is 0.354 e. The highest BCUT2D eigenvalue weighted by atomic mass is 32.2. The van der Waals surface area contributed by atoms with E-state index in [1.807, 2.05) is 26.0 Å². The van der Waals surface area contributed by atoms with Gasteiger partial charge in [0.2, 0.25) is 23.5 Å². The van der Waals surface area contributed by atoms with Crippen LogP contribution in [0.2, 0.25) is 0 Å². The summed E-state index contributed by atoms with van der Waals surface area (Å²) in [4.78, 5) is 43.1. The number of amides is 6. The minimum atomic E-state index is -3.59. The number of nitrogens with one attached hydrogen (secondary N) is 3. The number of aryl methyl sites for hydroxylation is 4. The van der Waals surface area contributed by atoms with Crippen molar-refractivity contribution in [3.05, 3.63) is 111 Å². The summed E-state index contributed by atoms with van der Waals surface area (Å²) in [5, 5.41) is 39.2. The van der Waals surface area contributed by atoms with Crippen molar-refractivity contribution in [2.24, 2.45) is 39.8 Å². The molecule has 4 aliphatic heterocycles. The summed E-state index contributed by atoms with van der Waals surface area (Å²) in [5.74, 6) is 2.46. The number of alkyl halides is 1.